The molecular formula is C8H18OSi. The van der Waals surface area contributed by atoms with Gasteiger partial charge in [-0.05, 0) is 18.5 Å². The first-order valence-corrected chi connectivity index (χ1v) is 6.65. The van der Waals surface area contributed by atoms with E-state index in [1.165, 1.54) is 37.8 Å². The SMILES string of the molecule is CCCCO[SiH]1CCCC1. The molecule has 0 aliphatic carbocycles. The first kappa shape index (κ1) is 8.28. The Morgan fingerprint density at radius 2 is 2.00 bits per heavy atom. The van der Waals surface area contributed by atoms with Crippen LogP contribution in [0.5, 0.6) is 0 Å². The van der Waals surface area contributed by atoms with Crippen molar-refractivity contribution in [2.45, 2.75) is 44.7 Å². The number of hydrogen-bond acceptors (Lipinski definition) is 1. The van der Waals surface area contributed by atoms with Crippen LogP contribution in [0.3, 0.4) is 0 Å². The fourth-order valence-electron chi connectivity index (χ4n) is 1.45. The van der Waals surface area contributed by atoms with Crippen LogP contribution in [0.15, 0.2) is 0 Å². The molecule has 10 heavy (non-hydrogen) atoms. The van der Waals surface area contributed by atoms with Crippen molar-refractivity contribution in [2.75, 3.05) is 6.61 Å². The summed E-state index contributed by atoms with van der Waals surface area (Å²) in [6.45, 7) is 3.27. The van der Waals surface area contributed by atoms with E-state index < -0.39 is 9.04 Å². The number of rotatable bonds is 4. The Balaban J connectivity index is 1.91. The highest BCUT2D eigenvalue weighted by molar-refractivity contribution is 6.52. The molecule has 60 valence electrons. The molecule has 0 aromatic carbocycles. The molecule has 0 aromatic rings. The maximum atomic E-state index is 5.78. The van der Waals surface area contributed by atoms with Crippen molar-refractivity contribution >= 4 is 9.04 Å². The average Bonchev–Trinajstić information content (AvgIpc) is 2.41. The second kappa shape index (κ2) is 4.91. The largest absolute Gasteiger partial charge is 0.420 e. The van der Waals surface area contributed by atoms with Gasteiger partial charge in [0, 0.05) is 6.61 Å². The zero-order valence-corrected chi connectivity index (χ0v) is 8.09. The zero-order valence-electron chi connectivity index (χ0n) is 6.94. The number of hydrogen-bond donors (Lipinski definition) is 0. The van der Waals surface area contributed by atoms with Crippen LogP contribution in [0.25, 0.3) is 0 Å². The molecule has 1 aliphatic heterocycles. The fourth-order valence-corrected chi connectivity index (χ4v) is 4.06. The molecule has 1 aliphatic rings. The maximum Gasteiger partial charge on any atom is 0.176 e. The van der Waals surface area contributed by atoms with E-state index in [0.717, 1.165) is 6.61 Å². The van der Waals surface area contributed by atoms with Crippen molar-refractivity contribution in [1.82, 2.24) is 0 Å². The minimum atomic E-state index is -0.613. The van der Waals surface area contributed by atoms with Gasteiger partial charge in [-0.1, -0.05) is 26.2 Å². The lowest BCUT2D eigenvalue weighted by Crippen LogP contribution is -2.12. The Labute approximate surface area is 65.5 Å². The van der Waals surface area contributed by atoms with E-state index in [1.54, 1.807) is 0 Å². The van der Waals surface area contributed by atoms with Gasteiger partial charge in [0.15, 0.2) is 9.04 Å². The molecular weight excluding hydrogens is 140 g/mol. The third-order valence-corrected chi connectivity index (χ3v) is 4.97. The summed E-state index contributed by atoms with van der Waals surface area (Å²) in [5.74, 6) is 0. The summed E-state index contributed by atoms with van der Waals surface area (Å²) in [4.78, 5) is 0. The standard InChI is InChI=1S/C8H18OSi/c1-2-3-6-9-10-7-4-5-8-10/h10H,2-8H2,1H3. The van der Waals surface area contributed by atoms with Crippen LogP contribution in [0.4, 0.5) is 0 Å². The van der Waals surface area contributed by atoms with E-state index in [2.05, 4.69) is 6.92 Å². The van der Waals surface area contributed by atoms with Crippen LogP contribution in [0.2, 0.25) is 12.1 Å². The first-order valence-electron chi connectivity index (χ1n) is 4.55. The lowest BCUT2D eigenvalue weighted by Gasteiger charge is -2.07. The highest BCUT2D eigenvalue weighted by Crippen LogP contribution is 2.19. The second-order valence-corrected chi connectivity index (χ2v) is 5.86. The molecule has 0 saturated carbocycles. The van der Waals surface area contributed by atoms with Gasteiger partial charge in [-0.3, -0.25) is 0 Å². The third kappa shape index (κ3) is 2.84. The van der Waals surface area contributed by atoms with Crippen LogP contribution in [0, 0.1) is 0 Å². The lowest BCUT2D eigenvalue weighted by atomic mass is 10.4. The molecule has 1 nitrogen and oxygen atoms in total. The highest BCUT2D eigenvalue weighted by Gasteiger charge is 2.16. The topological polar surface area (TPSA) is 9.23 Å². The molecule has 1 saturated heterocycles. The van der Waals surface area contributed by atoms with Gasteiger partial charge in [0.25, 0.3) is 0 Å². The smallest absolute Gasteiger partial charge is 0.176 e. The van der Waals surface area contributed by atoms with Gasteiger partial charge in [0.2, 0.25) is 0 Å². The van der Waals surface area contributed by atoms with Crippen LogP contribution in [0.1, 0.15) is 32.6 Å². The molecule has 0 spiro atoms. The summed E-state index contributed by atoms with van der Waals surface area (Å²) in [7, 11) is -0.613. The maximum absolute atomic E-state index is 5.78. The van der Waals surface area contributed by atoms with E-state index in [0.29, 0.717) is 0 Å². The van der Waals surface area contributed by atoms with E-state index in [4.69, 9.17) is 4.43 Å². The predicted octanol–water partition coefficient (Wildman–Crippen LogP) is 2.32. The predicted molar refractivity (Wildman–Crippen MR) is 46.9 cm³/mol. The summed E-state index contributed by atoms with van der Waals surface area (Å²) in [6, 6.07) is 2.90. The molecule has 0 N–H and O–H groups in total. The van der Waals surface area contributed by atoms with Crippen molar-refractivity contribution in [3.05, 3.63) is 0 Å². The fraction of sp³-hybridized carbons (Fsp3) is 1.00. The van der Waals surface area contributed by atoms with Crippen molar-refractivity contribution in [3.8, 4) is 0 Å². The summed E-state index contributed by atoms with van der Waals surface area (Å²) < 4.78 is 5.78. The molecule has 0 unspecified atom stereocenters. The minimum Gasteiger partial charge on any atom is -0.420 e. The van der Waals surface area contributed by atoms with E-state index in [-0.39, 0.29) is 0 Å². The lowest BCUT2D eigenvalue weighted by molar-refractivity contribution is 0.313. The minimum absolute atomic E-state index is 0.613. The molecule has 0 atom stereocenters. The Hall–Kier alpha value is 0.177. The van der Waals surface area contributed by atoms with Gasteiger partial charge >= 0.3 is 0 Å². The van der Waals surface area contributed by atoms with Gasteiger partial charge in [-0.15, -0.1) is 0 Å². The first-order chi connectivity index (χ1) is 4.93. The zero-order chi connectivity index (χ0) is 7.23. The van der Waals surface area contributed by atoms with Crippen molar-refractivity contribution < 1.29 is 4.43 Å². The average molecular weight is 158 g/mol. The van der Waals surface area contributed by atoms with E-state index in [9.17, 15) is 0 Å². The molecule has 1 rings (SSSR count). The quantitative estimate of drug-likeness (QED) is 0.451. The van der Waals surface area contributed by atoms with Crippen LogP contribution < -0.4 is 0 Å². The van der Waals surface area contributed by atoms with Crippen LogP contribution in [-0.2, 0) is 4.43 Å². The van der Waals surface area contributed by atoms with Gasteiger partial charge in [0.05, 0.1) is 0 Å². The van der Waals surface area contributed by atoms with Crippen molar-refractivity contribution in [2.24, 2.45) is 0 Å². The van der Waals surface area contributed by atoms with Gasteiger partial charge < -0.3 is 4.43 Å². The molecule has 0 amide bonds. The molecule has 0 bridgehead atoms. The molecule has 0 aromatic heterocycles. The Morgan fingerprint density at radius 1 is 1.30 bits per heavy atom. The highest BCUT2D eigenvalue weighted by atomic mass is 28.3. The summed E-state index contributed by atoms with van der Waals surface area (Å²) in [5, 5.41) is 0. The summed E-state index contributed by atoms with van der Waals surface area (Å²) >= 11 is 0. The van der Waals surface area contributed by atoms with Gasteiger partial charge in [-0.25, -0.2) is 0 Å². The third-order valence-electron chi connectivity index (χ3n) is 2.15. The summed E-state index contributed by atoms with van der Waals surface area (Å²) in [5.41, 5.74) is 0. The van der Waals surface area contributed by atoms with E-state index >= 15 is 0 Å². The van der Waals surface area contributed by atoms with Gasteiger partial charge in [-0.2, -0.15) is 0 Å². The monoisotopic (exact) mass is 158 g/mol. The Morgan fingerprint density at radius 3 is 2.60 bits per heavy atom. The second-order valence-electron chi connectivity index (χ2n) is 3.13. The number of unbranched alkanes of at least 4 members (excludes halogenated alkanes) is 1. The van der Waals surface area contributed by atoms with E-state index in [1.807, 2.05) is 0 Å². The Kier molecular flexibility index (Phi) is 4.06. The van der Waals surface area contributed by atoms with Gasteiger partial charge in [0.1, 0.15) is 0 Å². The molecule has 0 radical (unpaired) electrons. The van der Waals surface area contributed by atoms with Crippen LogP contribution in [-0.4, -0.2) is 15.6 Å². The molecule has 2 heteroatoms. The molecule has 1 fully saturated rings. The normalized spacial score (nSPS) is 20.1. The van der Waals surface area contributed by atoms with Crippen molar-refractivity contribution in [1.29, 1.82) is 0 Å². The van der Waals surface area contributed by atoms with Crippen LogP contribution >= 0.6 is 0 Å². The molecule has 1 heterocycles. The van der Waals surface area contributed by atoms with Crippen molar-refractivity contribution in [3.63, 3.8) is 0 Å². The summed E-state index contributed by atoms with van der Waals surface area (Å²) in [6.07, 6.45) is 5.44. The Bertz CT molecular complexity index is 79.3.